The number of imidazole rings is 1. The van der Waals surface area contributed by atoms with Gasteiger partial charge in [0.25, 0.3) is 0 Å². The molecule has 3 heterocycles. The van der Waals surface area contributed by atoms with Crippen molar-refractivity contribution in [1.29, 1.82) is 0 Å². The largest absolute Gasteiger partial charge is 0.479 e. The van der Waals surface area contributed by atoms with Crippen molar-refractivity contribution in [2.45, 2.75) is 49.9 Å². The van der Waals surface area contributed by atoms with E-state index in [0.29, 0.717) is 17.6 Å². The Labute approximate surface area is 217 Å². The standard InChI is InChI=1S/C25H27ClN4O7/c1-3-25(35)18(12-36-17(23(33)34)10-15-7-5-4-6-8-15)37-22(20(25)32)30-13-27-19-16(9-14(2)11-31)28-24(26)29-21(19)30/h1,4-8,13-14,17-18,20,22,31-32,35H,9-12H2,2H3,(H,33,34)/t14-,17?,18-,20+,22-,25-/m1/s1. The molecule has 11 nitrogen and oxygen atoms in total. The maximum absolute atomic E-state index is 11.8. The van der Waals surface area contributed by atoms with E-state index in [-0.39, 0.29) is 29.9 Å². The fourth-order valence-corrected chi connectivity index (χ4v) is 4.42. The number of halogens is 1. The van der Waals surface area contributed by atoms with E-state index in [4.69, 9.17) is 27.5 Å². The van der Waals surface area contributed by atoms with Gasteiger partial charge in [0.2, 0.25) is 5.28 Å². The molecule has 0 radical (unpaired) electrons. The van der Waals surface area contributed by atoms with Crippen LogP contribution in [0.3, 0.4) is 0 Å². The van der Waals surface area contributed by atoms with Gasteiger partial charge in [-0.2, -0.15) is 4.98 Å². The first-order valence-corrected chi connectivity index (χ1v) is 12.0. The van der Waals surface area contributed by atoms with Crippen molar-refractivity contribution in [1.82, 2.24) is 19.5 Å². The predicted octanol–water partition coefficient (Wildman–Crippen LogP) is 0.986. The van der Waals surface area contributed by atoms with Crippen LogP contribution in [0.2, 0.25) is 5.28 Å². The van der Waals surface area contributed by atoms with E-state index in [1.54, 1.807) is 24.3 Å². The van der Waals surface area contributed by atoms with E-state index in [0.717, 1.165) is 5.56 Å². The van der Waals surface area contributed by atoms with E-state index < -0.39 is 42.7 Å². The van der Waals surface area contributed by atoms with Crippen LogP contribution in [0.15, 0.2) is 36.7 Å². The molecule has 4 N–H and O–H groups in total. The Morgan fingerprint density at radius 2 is 2.05 bits per heavy atom. The lowest BCUT2D eigenvalue weighted by atomic mass is 9.93. The third kappa shape index (κ3) is 5.45. The van der Waals surface area contributed by atoms with Gasteiger partial charge in [0.15, 0.2) is 23.6 Å². The summed E-state index contributed by atoms with van der Waals surface area (Å²) < 4.78 is 12.9. The second-order valence-electron chi connectivity index (χ2n) is 9.03. The van der Waals surface area contributed by atoms with Crippen LogP contribution >= 0.6 is 11.6 Å². The highest BCUT2D eigenvalue weighted by molar-refractivity contribution is 6.28. The summed E-state index contributed by atoms with van der Waals surface area (Å²) in [5.74, 6) is 0.865. The van der Waals surface area contributed by atoms with Gasteiger partial charge in [-0.15, -0.1) is 6.42 Å². The zero-order chi connectivity index (χ0) is 26.7. The van der Waals surface area contributed by atoms with Gasteiger partial charge in [0, 0.05) is 13.0 Å². The number of carboxylic acid groups (broad SMARTS) is 1. The number of hydrogen-bond acceptors (Lipinski definition) is 9. The lowest BCUT2D eigenvalue weighted by Gasteiger charge is -2.26. The third-order valence-electron chi connectivity index (χ3n) is 6.33. The number of rotatable bonds is 10. The second kappa shape index (κ2) is 11.1. The Bertz CT molecular complexity index is 1300. The molecule has 4 rings (SSSR count). The van der Waals surface area contributed by atoms with Gasteiger partial charge in [-0.25, -0.2) is 14.8 Å². The fourth-order valence-electron chi connectivity index (χ4n) is 4.23. The summed E-state index contributed by atoms with van der Waals surface area (Å²) in [6, 6.07) is 8.93. The van der Waals surface area contributed by atoms with Crippen molar-refractivity contribution in [3.8, 4) is 12.3 Å². The van der Waals surface area contributed by atoms with Gasteiger partial charge in [0.1, 0.15) is 17.7 Å². The molecule has 0 spiro atoms. The monoisotopic (exact) mass is 530 g/mol. The van der Waals surface area contributed by atoms with Gasteiger partial charge >= 0.3 is 5.97 Å². The number of hydrogen-bond donors (Lipinski definition) is 4. The molecular weight excluding hydrogens is 504 g/mol. The van der Waals surface area contributed by atoms with E-state index in [9.17, 15) is 25.2 Å². The number of benzene rings is 1. The first-order valence-electron chi connectivity index (χ1n) is 11.6. The zero-order valence-corrected chi connectivity index (χ0v) is 20.7. The Hall–Kier alpha value is -3.11. The highest BCUT2D eigenvalue weighted by Gasteiger charge is 2.56. The predicted molar refractivity (Wildman–Crippen MR) is 132 cm³/mol. The van der Waals surface area contributed by atoms with Crippen molar-refractivity contribution in [2.24, 2.45) is 5.92 Å². The Kier molecular flexibility index (Phi) is 8.08. The van der Waals surface area contributed by atoms with Gasteiger partial charge in [0.05, 0.1) is 18.6 Å². The number of terminal acetylenes is 1. The number of carbonyl (C=O) groups is 1. The van der Waals surface area contributed by atoms with Crippen molar-refractivity contribution in [2.75, 3.05) is 13.2 Å². The summed E-state index contributed by atoms with van der Waals surface area (Å²) in [7, 11) is 0. The molecule has 3 aromatic rings. The lowest BCUT2D eigenvalue weighted by Crippen LogP contribution is -2.48. The second-order valence-corrected chi connectivity index (χ2v) is 9.37. The molecule has 1 saturated heterocycles. The Balaban J connectivity index is 1.58. The summed E-state index contributed by atoms with van der Waals surface area (Å²) in [6.45, 7) is 1.37. The molecule has 1 aliphatic heterocycles. The summed E-state index contributed by atoms with van der Waals surface area (Å²) >= 11 is 6.13. The van der Waals surface area contributed by atoms with Crippen molar-refractivity contribution in [3.05, 3.63) is 53.2 Å². The number of carboxylic acids is 1. The SMILES string of the molecule is C#C[C@@]1(O)[C@@H](COC(Cc2ccccc2)C(=O)O)O[C@@H](n2cnc3c(C[C@@H](C)CO)nc(Cl)nc32)[C@@H]1O. The summed E-state index contributed by atoms with van der Waals surface area (Å²) in [5.41, 5.74) is -0.321. The molecule has 196 valence electrons. The highest BCUT2D eigenvalue weighted by atomic mass is 35.5. The zero-order valence-electron chi connectivity index (χ0n) is 19.9. The van der Waals surface area contributed by atoms with Crippen LogP contribution in [0.25, 0.3) is 11.2 Å². The number of aliphatic hydroxyl groups is 3. The van der Waals surface area contributed by atoms with Crippen LogP contribution in [-0.4, -0.2) is 83.0 Å². The minimum atomic E-state index is -2.19. The number of nitrogens with zero attached hydrogens (tertiary/aromatic N) is 4. The van der Waals surface area contributed by atoms with Gasteiger partial charge in [-0.05, 0) is 29.5 Å². The molecule has 1 fully saturated rings. The third-order valence-corrected chi connectivity index (χ3v) is 6.50. The number of aliphatic hydroxyl groups excluding tert-OH is 2. The van der Waals surface area contributed by atoms with E-state index >= 15 is 0 Å². The van der Waals surface area contributed by atoms with Crippen LogP contribution in [0, 0.1) is 18.3 Å². The molecular formula is C25H27ClN4O7. The number of ether oxygens (including phenoxy) is 2. The van der Waals surface area contributed by atoms with E-state index in [2.05, 4.69) is 20.9 Å². The lowest BCUT2D eigenvalue weighted by molar-refractivity contribution is -0.156. The van der Waals surface area contributed by atoms with Crippen molar-refractivity contribution in [3.63, 3.8) is 0 Å². The molecule has 1 aromatic carbocycles. The summed E-state index contributed by atoms with van der Waals surface area (Å²) in [6.07, 6.45) is 2.03. The van der Waals surface area contributed by atoms with Gasteiger partial charge in [-0.1, -0.05) is 43.2 Å². The molecule has 37 heavy (non-hydrogen) atoms. The quantitative estimate of drug-likeness (QED) is 0.220. The normalized spacial score (nSPS) is 25.1. The van der Waals surface area contributed by atoms with Crippen LogP contribution in [0.1, 0.15) is 24.4 Å². The maximum atomic E-state index is 11.8. The molecule has 6 atom stereocenters. The number of aliphatic carboxylic acids is 1. The smallest absolute Gasteiger partial charge is 0.333 e. The van der Waals surface area contributed by atoms with E-state index in [1.807, 2.05) is 13.0 Å². The first-order chi connectivity index (χ1) is 17.7. The molecule has 0 bridgehead atoms. The van der Waals surface area contributed by atoms with Gasteiger partial charge in [-0.3, -0.25) is 4.57 Å². The maximum Gasteiger partial charge on any atom is 0.333 e. The Morgan fingerprint density at radius 1 is 1.32 bits per heavy atom. The van der Waals surface area contributed by atoms with Crippen molar-refractivity contribution >= 4 is 28.7 Å². The molecule has 0 amide bonds. The average Bonchev–Trinajstić information content (AvgIpc) is 3.41. The molecule has 1 unspecified atom stereocenters. The molecule has 2 aromatic heterocycles. The topological polar surface area (TPSA) is 160 Å². The average molecular weight is 531 g/mol. The molecule has 12 heteroatoms. The van der Waals surface area contributed by atoms with Crippen molar-refractivity contribution < 1.29 is 34.7 Å². The minimum absolute atomic E-state index is 0.0627. The fraction of sp³-hybridized carbons (Fsp3) is 0.440. The highest BCUT2D eigenvalue weighted by Crippen LogP contribution is 2.39. The van der Waals surface area contributed by atoms with Crippen LogP contribution < -0.4 is 0 Å². The minimum Gasteiger partial charge on any atom is -0.479 e. The molecule has 1 aliphatic rings. The first kappa shape index (κ1) is 26.9. The van der Waals surface area contributed by atoms with Crippen LogP contribution in [0.4, 0.5) is 0 Å². The van der Waals surface area contributed by atoms with Gasteiger partial charge < -0.3 is 29.9 Å². The number of aromatic nitrogens is 4. The summed E-state index contributed by atoms with van der Waals surface area (Å²) in [4.78, 5) is 24.5. The summed E-state index contributed by atoms with van der Waals surface area (Å²) in [5, 5.41) is 41.1. The van der Waals surface area contributed by atoms with Crippen LogP contribution in [-0.2, 0) is 27.1 Å². The van der Waals surface area contributed by atoms with Crippen LogP contribution in [0.5, 0.6) is 0 Å². The van der Waals surface area contributed by atoms with E-state index in [1.165, 1.54) is 10.9 Å². The number of fused-ring (bicyclic) bond motifs is 1. The molecule has 0 saturated carbocycles. The Morgan fingerprint density at radius 3 is 2.70 bits per heavy atom. The molecule has 0 aliphatic carbocycles.